The lowest BCUT2D eigenvalue weighted by molar-refractivity contribution is 0.0872. The summed E-state index contributed by atoms with van der Waals surface area (Å²) in [5.41, 5.74) is 0.340. The van der Waals surface area contributed by atoms with E-state index in [1.807, 2.05) is 0 Å². The molecule has 1 aromatic heterocycles. The average Bonchev–Trinajstić information content (AvgIpc) is 2.42. The number of nitrogens with one attached hydrogen (secondary N) is 1. The lowest BCUT2D eigenvalue weighted by atomic mass is 9.85. The maximum absolute atomic E-state index is 12.1. The van der Waals surface area contributed by atoms with E-state index in [1.165, 1.54) is 22.9 Å². The topological polar surface area (TPSA) is 71.3 Å². The van der Waals surface area contributed by atoms with Gasteiger partial charge in [0.25, 0.3) is 5.91 Å². The van der Waals surface area contributed by atoms with Crippen LogP contribution in [0.4, 0.5) is 0 Å². The Labute approximate surface area is 112 Å². The van der Waals surface area contributed by atoms with E-state index in [1.54, 1.807) is 7.05 Å². The predicted molar refractivity (Wildman–Crippen MR) is 72.0 cm³/mol. The molecule has 2 N–H and O–H groups in total. The maximum Gasteiger partial charge on any atom is 0.252 e. The Bertz CT molecular complexity index is 510. The molecule has 19 heavy (non-hydrogen) atoms. The van der Waals surface area contributed by atoms with Crippen molar-refractivity contribution in [1.29, 1.82) is 0 Å². The van der Waals surface area contributed by atoms with Crippen LogP contribution in [0.25, 0.3) is 0 Å². The molecule has 1 aromatic rings. The Morgan fingerprint density at radius 2 is 2.16 bits per heavy atom. The molecule has 1 heterocycles. The van der Waals surface area contributed by atoms with Gasteiger partial charge in [-0.2, -0.15) is 0 Å². The van der Waals surface area contributed by atoms with Crippen molar-refractivity contribution in [1.82, 2.24) is 9.88 Å². The zero-order valence-electron chi connectivity index (χ0n) is 11.1. The molecular formula is C14H20N2O3. The number of aryl methyl sites for hydroxylation is 1. The summed E-state index contributed by atoms with van der Waals surface area (Å²) in [7, 11) is 1.62. The molecule has 0 radical (unpaired) electrons. The van der Waals surface area contributed by atoms with Crippen LogP contribution < -0.4 is 10.9 Å². The third-order valence-electron chi connectivity index (χ3n) is 3.81. The van der Waals surface area contributed by atoms with Gasteiger partial charge in [-0.3, -0.25) is 9.59 Å². The normalized spacial score (nSPS) is 23.1. The SMILES string of the molecule is Cn1cc(C(=O)NC2CCCCC2CO)ccc1=O. The van der Waals surface area contributed by atoms with Crippen molar-refractivity contribution in [2.45, 2.75) is 31.7 Å². The fourth-order valence-corrected chi connectivity index (χ4v) is 2.60. The van der Waals surface area contributed by atoms with Gasteiger partial charge in [0.15, 0.2) is 0 Å². The van der Waals surface area contributed by atoms with Crippen LogP contribution in [0.5, 0.6) is 0 Å². The summed E-state index contributed by atoms with van der Waals surface area (Å²) in [4.78, 5) is 23.4. The Morgan fingerprint density at radius 3 is 2.84 bits per heavy atom. The van der Waals surface area contributed by atoms with E-state index in [0.29, 0.717) is 5.56 Å². The molecular weight excluding hydrogens is 244 g/mol. The third kappa shape index (κ3) is 3.23. The minimum atomic E-state index is -0.180. The lowest BCUT2D eigenvalue weighted by Gasteiger charge is -2.30. The second-order valence-electron chi connectivity index (χ2n) is 5.17. The minimum Gasteiger partial charge on any atom is -0.396 e. The first-order chi connectivity index (χ1) is 9.11. The smallest absolute Gasteiger partial charge is 0.252 e. The highest BCUT2D eigenvalue weighted by molar-refractivity contribution is 5.94. The monoisotopic (exact) mass is 264 g/mol. The summed E-state index contributed by atoms with van der Waals surface area (Å²) in [5, 5.41) is 12.3. The standard InChI is InChI=1S/C14H20N2O3/c1-16-8-10(6-7-13(16)18)14(19)15-12-5-3-2-4-11(12)9-17/h6-8,11-12,17H,2-5,9H2,1H3,(H,15,19). The molecule has 1 aliphatic rings. The molecule has 1 fully saturated rings. The molecule has 0 aliphatic heterocycles. The van der Waals surface area contributed by atoms with Crippen LogP contribution in [0, 0.1) is 5.92 Å². The van der Waals surface area contributed by atoms with Crippen LogP contribution in [0.15, 0.2) is 23.1 Å². The van der Waals surface area contributed by atoms with E-state index in [2.05, 4.69) is 5.32 Å². The van der Waals surface area contributed by atoms with Crippen molar-refractivity contribution >= 4 is 5.91 Å². The summed E-state index contributed by atoms with van der Waals surface area (Å²) < 4.78 is 1.39. The van der Waals surface area contributed by atoms with Crippen molar-refractivity contribution in [3.63, 3.8) is 0 Å². The van der Waals surface area contributed by atoms with E-state index in [-0.39, 0.29) is 30.0 Å². The summed E-state index contributed by atoms with van der Waals surface area (Å²) in [6.07, 6.45) is 5.58. The Morgan fingerprint density at radius 1 is 1.42 bits per heavy atom. The third-order valence-corrected chi connectivity index (χ3v) is 3.81. The number of pyridine rings is 1. The fraction of sp³-hybridized carbons (Fsp3) is 0.571. The van der Waals surface area contributed by atoms with Crippen LogP contribution in [0.2, 0.25) is 0 Å². The van der Waals surface area contributed by atoms with Gasteiger partial charge in [-0.05, 0) is 18.9 Å². The van der Waals surface area contributed by atoms with Crippen LogP contribution >= 0.6 is 0 Å². The van der Waals surface area contributed by atoms with Crippen LogP contribution in [0.3, 0.4) is 0 Å². The second-order valence-corrected chi connectivity index (χ2v) is 5.17. The van der Waals surface area contributed by atoms with Gasteiger partial charge in [0, 0.05) is 37.9 Å². The molecule has 104 valence electrons. The highest BCUT2D eigenvalue weighted by Crippen LogP contribution is 2.24. The summed E-state index contributed by atoms with van der Waals surface area (Å²) in [6, 6.07) is 2.96. The van der Waals surface area contributed by atoms with E-state index in [0.717, 1.165) is 25.7 Å². The van der Waals surface area contributed by atoms with Crippen LogP contribution in [0.1, 0.15) is 36.0 Å². The highest BCUT2D eigenvalue weighted by atomic mass is 16.3. The van der Waals surface area contributed by atoms with Gasteiger partial charge >= 0.3 is 0 Å². The fourth-order valence-electron chi connectivity index (χ4n) is 2.60. The van der Waals surface area contributed by atoms with Gasteiger partial charge in [0.05, 0.1) is 5.56 Å². The van der Waals surface area contributed by atoms with Crippen molar-refractivity contribution < 1.29 is 9.90 Å². The first-order valence-corrected chi connectivity index (χ1v) is 6.70. The van der Waals surface area contributed by atoms with Crippen LogP contribution in [-0.4, -0.2) is 28.2 Å². The quantitative estimate of drug-likeness (QED) is 0.842. The van der Waals surface area contributed by atoms with Gasteiger partial charge in [-0.1, -0.05) is 12.8 Å². The lowest BCUT2D eigenvalue weighted by Crippen LogP contribution is -2.43. The number of carbonyl (C=O) groups is 1. The number of rotatable bonds is 3. The first-order valence-electron chi connectivity index (χ1n) is 6.70. The van der Waals surface area contributed by atoms with Gasteiger partial charge in [-0.25, -0.2) is 0 Å². The van der Waals surface area contributed by atoms with E-state index >= 15 is 0 Å². The number of aromatic nitrogens is 1. The molecule has 1 saturated carbocycles. The predicted octanol–water partition coefficient (Wildman–Crippen LogP) is 0.666. The summed E-state index contributed by atoms with van der Waals surface area (Å²) in [6.45, 7) is 0.109. The second kappa shape index (κ2) is 6.02. The van der Waals surface area contributed by atoms with E-state index in [4.69, 9.17) is 0 Å². The van der Waals surface area contributed by atoms with E-state index in [9.17, 15) is 14.7 Å². The number of nitrogens with zero attached hydrogens (tertiary/aromatic N) is 1. The molecule has 0 aromatic carbocycles. The van der Waals surface area contributed by atoms with Gasteiger partial charge in [0.1, 0.15) is 0 Å². The van der Waals surface area contributed by atoms with Crippen molar-refractivity contribution in [2.24, 2.45) is 13.0 Å². The number of carbonyl (C=O) groups excluding carboxylic acids is 1. The molecule has 5 nitrogen and oxygen atoms in total. The largest absolute Gasteiger partial charge is 0.396 e. The van der Waals surface area contributed by atoms with Crippen LogP contribution in [-0.2, 0) is 7.05 Å². The van der Waals surface area contributed by atoms with E-state index < -0.39 is 0 Å². The van der Waals surface area contributed by atoms with Crippen molar-refractivity contribution in [2.75, 3.05) is 6.61 Å². The minimum absolute atomic E-state index is 0.0310. The average molecular weight is 264 g/mol. The molecule has 0 saturated heterocycles. The summed E-state index contributed by atoms with van der Waals surface area (Å²) >= 11 is 0. The van der Waals surface area contributed by atoms with Gasteiger partial charge in [-0.15, -0.1) is 0 Å². The molecule has 2 unspecified atom stereocenters. The first kappa shape index (κ1) is 13.8. The molecule has 0 spiro atoms. The summed E-state index contributed by atoms with van der Waals surface area (Å²) in [5.74, 6) is -0.0359. The zero-order valence-corrected chi connectivity index (χ0v) is 11.1. The number of aliphatic hydroxyl groups is 1. The highest BCUT2D eigenvalue weighted by Gasteiger charge is 2.26. The van der Waals surface area contributed by atoms with Gasteiger partial charge in [0.2, 0.25) is 5.56 Å². The number of aliphatic hydroxyl groups excluding tert-OH is 1. The molecule has 2 atom stereocenters. The molecule has 1 amide bonds. The molecule has 2 rings (SSSR count). The number of hydrogen-bond acceptors (Lipinski definition) is 3. The zero-order chi connectivity index (χ0) is 13.8. The molecule has 1 aliphatic carbocycles. The van der Waals surface area contributed by atoms with Crippen molar-refractivity contribution in [3.8, 4) is 0 Å². The van der Waals surface area contributed by atoms with Gasteiger partial charge < -0.3 is 15.0 Å². The molecule has 5 heteroatoms. The Kier molecular flexibility index (Phi) is 4.37. The van der Waals surface area contributed by atoms with Crippen molar-refractivity contribution in [3.05, 3.63) is 34.2 Å². The Hall–Kier alpha value is -1.62. The number of hydrogen-bond donors (Lipinski definition) is 2. The molecule has 0 bridgehead atoms. The maximum atomic E-state index is 12.1. The Balaban J connectivity index is 2.07. The number of amides is 1.